The first-order valence-electron chi connectivity index (χ1n) is 4.04. The number of ether oxygens (including phenoxy) is 2. The zero-order valence-electron chi connectivity index (χ0n) is 8.25. The maximum Gasteiger partial charge on any atom is 0.323 e. The number of carbonyl (C=O) groups is 2. The second-order valence-electron chi connectivity index (χ2n) is 2.47. The fraction of sp³-hybridized carbons (Fsp3) is 0.714. The minimum atomic E-state index is -0.643. The van der Waals surface area contributed by atoms with Gasteiger partial charge in [0.05, 0.1) is 12.9 Å². The molecule has 6 nitrogen and oxygen atoms in total. The minimum absolute atomic E-state index is 0.302. The summed E-state index contributed by atoms with van der Waals surface area (Å²) in [4.78, 5) is 20.8. The molecule has 0 aliphatic carbocycles. The third-order valence-corrected chi connectivity index (χ3v) is 3.74. The number of rotatable bonds is 8. The maximum atomic E-state index is 10.9. The molecule has 0 heterocycles. The molecular formula is C7H14N2O4S2. The Kier molecular flexibility index (Phi) is 8.58. The highest BCUT2D eigenvalue weighted by atomic mass is 33.1. The molecule has 0 unspecified atom stereocenters. The van der Waals surface area contributed by atoms with Gasteiger partial charge in [-0.1, -0.05) is 21.6 Å². The molecule has 0 rings (SSSR count). The SMILES string of the molecule is COC(=O)[C@@H](N)CSSC[C@H](N)OC=O. The van der Waals surface area contributed by atoms with Crippen molar-refractivity contribution in [3.8, 4) is 0 Å². The van der Waals surface area contributed by atoms with E-state index in [0.717, 1.165) is 0 Å². The van der Waals surface area contributed by atoms with Gasteiger partial charge in [-0.15, -0.1) is 0 Å². The lowest BCUT2D eigenvalue weighted by Crippen LogP contribution is -2.33. The van der Waals surface area contributed by atoms with Crippen molar-refractivity contribution >= 4 is 34.0 Å². The van der Waals surface area contributed by atoms with E-state index in [9.17, 15) is 9.59 Å². The number of hydrogen-bond donors (Lipinski definition) is 2. The second kappa shape index (κ2) is 8.84. The number of nitrogens with two attached hydrogens (primary N) is 2. The average Bonchev–Trinajstić information content (AvgIpc) is 2.23. The molecule has 0 aromatic rings. The molecule has 0 bridgehead atoms. The van der Waals surface area contributed by atoms with Crippen molar-refractivity contribution in [2.75, 3.05) is 18.6 Å². The molecular weight excluding hydrogens is 240 g/mol. The van der Waals surface area contributed by atoms with Crippen LogP contribution in [-0.4, -0.2) is 43.3 Å². The summed E-state index contributed by atoms with van der Waals surface area (Å²) in [6.07, 6.45) is -0.630. The van der Waals surface area contributed by atoms with Gasteiger partial charge in [-0.2, -0.15) is 0 Å². The van der Waals surface area contributed by atoms with E-state index < -0.39 is 18.2 Å². The van der Waals surface area contributed by atoms with E-state index in [4.69, 9.17) is 11.5 Å². The van der Waals surface area contributed by atoms with Gasteiger partial charge in [0.15, 0.2) is 6.23 Å². The summed E-state index contributed by atoms with van der Waals surface area (Å²) in [7, 11) is 4.04. The van der Waals surface area contributed by atoms with Crippen molar-refractivity contribution in [3.05, 3.63) is 0 Å². The monoisotopic (exact) mass is 254 g/mol. The summed E-state index contributed by atoms with van der Waals surface area (Å²) >= 11 is 0. The molecule has 88 valence electrons. The first-order valence-corrected chi connectivity index (χ1v) is 6.53. The Morgan fingerprint density at radius 2 is 2.00 bits per heavy atom. The number of hydrogen-bond acceptors (Lipinski definition) is 8. The summed E-state index contributed by atoms with van der Waals surface area (Å²) < 4.78 is 8.90. The molecule has 2 atom stereocenters. The van der Waals surface area contributed by atoms with Gasteiger partial charge in [0.2, 0.25) is 0 Å². The zero-order valence-corrected chi connectivity index (χ0v) is 9.88. The lowest BCUT2D eigenvalue weighted by molar-refractivity contribution is -0.141. The van der Waals surface area contributed by atoms with Crippen LogP contribution in [0.25, 0.3) is 0 Å². The molecule has 0 aliphatic rings. The van der Waals surface area contributed by atoms with Crippen molar-refractivity contribution in [2.45, 2.75) is 12.3 Å². The minimum Gasteiger partial charge on any atom is -0.468 e. The molecule has 0 fully saturated rings. The smallest absolute Gasteiger partial charge is 0.323 e. The van der Waals surface area contributed by atoms with Gasteiger partial charge in [0, 0.05) is 5.75 Å². The summed E-state index contributed by atoms with van der Waals surface area (Å²) in [5, 5.41) is 0. The maximum absolute atomic E-state index is 10.9. The summed E-state index contributed by atoms with van der Waals surface area (Å²) in [5.74, 6) is 0.416. The van der Waals surface area contributed by atoms with Gasteiger partial charge in [0.1, 0.15) is 6.04 Å². The largest absolute Gasteiger partial charge is 0.468 e. The fourth-order valence-electron chi connectivity index (χ4n) is 0.567. The molecule has 0 spiro atoms. The number of methoxy groups -OCH3 is 1. The van der Waals surface area contributed by atoms with E-state index in [-0.39, 0.29) is 0 Å². The Bertz CT molecular complexity index is 205. The standard InChI is InChI=1S/C7H14N2O4S2/c1-12-7(11)5(8)2-14-15-3-6(9)13-4-10/h4-6H,2-3,8-9H2,1H3/t5-,6+/m0/s1. The molecule has 8 heteroatoms. The molecule has 0 aliphatic heterocycles. The molecule has 0 saturated carbocycles. The van der Waals surface area contributed by atoms with E-state index in [2.05, 4.69) is 9.47 Å². The third kappa shape index (κ3) is 7.48. The first kappa shape index (κ1) is 14.6. The van der Waals surface area contributed by atoms with Crippen LogP contribution in [0.2, 0.25) is 0 Å². The van der Waals surface area contributed by atoms with E-state index in [1.54, 1.807) is 0 Å². The van der Waals surface area contributed by atoms with Crippen LogP contribution in [0.5, 0.6) is 0 Å². The van der Waals surface area contributed by atoms with Gasteiger partial charge in [-0.25, -0.2) is 0 Å². The number of esters is 1. The van der Waals surface area contributed by atoms with Gasteiger partial charge < -0.3 is 15.2 Å². The van der Waals surface area contributed by atoms with Gasteiger partial charge in [-0.3, -0.25) is 15.3 Å². The van der Waals surface area contributed by atoms with E-state index in [1.165, 1.54) is 28.7 Å². The van der Waals surface area contributed by atoms with Crippen molar-refractivity contribution in [2.24, 2.45) is 11.5 Å². The predicted octanol–water partition coefficient (Wildman–Crippen LogP) is -0.674. The Morgan fingerprint density at radius 1 is 1.40 bits per heavy atom. The zero-order chi connectivity index (χ0) is 11.7. The van der Waals surface area contributed by atoms with Gasteiger partial charge in [-0.05, 0) is 0 Å². The van der Waals surface area contributed by atoms with Crippen LogP contribution >= 0.6 is 21.6 Å². The van der Waals surface area contributed by atoms with Crippen LogP contribution in [0.3, 0.4) is 0 Å². The first-order chi connectivity index (χ1) is 7.11. The third-order valence-electron chi connectivity index (χ3n) is 1.30. The van der Waals surface area contributed by atoms with Crippen LogP contribution in [0.4, 0.5) is 0 Å². The summed E-state index contributed by atoms with van der Waals surface area (Å²) in [6, 6.07) is -0.643. The second-order valence-corrected chi connectivity index (χ2v) is 5.02. The molecule has 0 aromatic heterocycles. The molecule has 0 amide bonds. The van der Waals surface area contributed by atoms with Crippen molar-refractivity contribution in [3.63, 3.8) is 0 Å². The predicted molar refractivity (Wildman–Crippen MR) is 60.0 cm³/mol. The summed E-state index contributed by atoms with van der Waals surface area (Å²) in [6.45, 7) is 0.302. The van der Waals surface area contributed by atoms with Gasteiger partial charge in [0.25, 0.3) is 6.47 Å². The summed E-state index contributed by atoms with van der Waals surface area (Å²) in [5.41, 5.74) is 10.9. The van der Waals surface area contributed by atoms with Crippen LogP contribution in [-0.2, 0) is 19.1 Å². The molecule has 0 radical (unpaired) electrons. The van der Waals surface area contributed by atoms with E-state index >= 15 is 0 Å². The van der Waals surface area contributed by atoms with Crippen molar-refractivity contribution in [1.29, 1.82) is 0 Å². The highest BCUT2D eigenvalue weighted by Crippen LogP contribution is 2.22. The topological polar surface area (TPSA) is 105 Å². The Balaban J connectivity index is 3.45. The molecule has 15 heavy (non-hydrogen) atoms. The van der Waals surface area contributed by atoms with Crippen LogP contribution in [0.15, 0.2) is 0 Å². The average molecular weight is 254 g/mol. The van der Waals surface area contributed by atoms with E-state index in [0.29, 0.717) is 18.0 Å². The van der Waals surface area contributed by atoms with Gasteiger partial charge >= 0.3 is 5.97 Å². The van der Waals surface area contributed by atoms with Crippen molar-refractivity contribution < 1.29 is 19.1 Å². The highest BCUT2D eigenvalue weighted by Gasteiger charge is 2.13. The Hall–Kier alpha value is -0.440. The normalized spacial score (nSPS) is 14.1. The Labute approximate surface area is 95.8 Å². The molecule has 0 aromatic carbocycles. The molecule has 0 saturated heterocycles. The quantitative estimate of drug-likeness (QED) is 0.193. The lowest BCUT2D eigenvalue weighted by atomic mass is 10.4. The highest BCUT2D eigenvalue weighted by molar-refractivity contribution is 8.76. The lowest BCUT2D eigenvalue weighted by Gasteiger charge is -2.10. The fourth-order valence-corrected chi connectivity index (χ4v) is 2.67. The Morgan fingerprint density at radius 3 is 2.53 bits per heavy atom. The van der Waals surface area contributed by atoms with Crippen LogP contribution in [0, 0.1) is 0 Å². The van der Waals surface area contributed by atoms with Crippen molar-refractivity contribution in [1.82, 2.24) is 0 Å². The van der Waals surface area contributed by atoms with E-state index in [1.807, 2.05) is 0 Å². The number of carbonyl (C=O) groups excluding carboxylic acids is 2. The molecule has 4 N–H and O–H groups in total. The van der Waals surface area contributed by atoms with Crippen LogP contribution < -0.4 is 11.5 Å². The van der Waals surface area contributed by atoms with Crippen LogP contribution in [0.1, 0.15) is 0 Å².